The molecule has 0 aliphatic carbocycles. The molecule has 1 aliphatic rings. The SMILES string of the molecule is O=C1C(=O)N(CO)c2c(Cl)cc(Cl)cc21. The molecule has 6 heteroatoms. The van der Waals surface area contributed by atoms with Gasteiger partial charge in [-0.25, -0.2) is 0 Å². The van der Waals surface area contributed by atoms with Gasteiger partial charge in [0.25, 0.3) is 5.78 Å². The number of aliphatic hydroxyl groups excluding tert-OH is 1. The molecule has 1 aromatic rings. The van der Waals surface area contributed by atoms with Crippen LogP contribution in [0.3, 0.4) is 0 Å². The molecule has 0 spiro atoms. The summed E-state index contributed by atoms with van der Waals surface area (Å²) < 4.78 is 0. The minimum atomic E-state index is -0.795. The summed E-state index contributed by atoms with van der Waals surface area (Å²) in [5.74, 6) is -1.50. The van der Waals surface area contributed by atoms with Gasteiger partial charge in [-0.15, -0.1) is 0 Å². The highest BCUT2D eigenvalue weighted by Gasteiger charge is 2.37. The number of fused-ring (bicyclic) bond motifs is 1. The molecule has 1 amide bonds. The standard InChI is InChI=1S/C9H5Cl2NO3/c10-4-1-5-7(6(11)2-4)12(3-13)9(15)8(5)14/h1-2,13H,3H2. The molecule has 1 N–H and O–H groups in total. The zero-order valence-electron chi connectivity index (χ0n) is 7.33. The quantitative estimate of drug-likeness (QED) is 0.763. The molecular weight excluding hydrogens is 241 g/mol. The molecule has 0 saturated heterocycles. The molecule has 0 bridgehead atoms. The molecule has 0 radical (unpaired) electrons. The van der Waals surface area contributed by atoms with Crippen molar-refractivity contribution in [3.63, 3.8) is 0 Å². The second-order valence-corrected chi connectivity index (χ2v) is 3.83. The summed E-state index contributed by atoms with van der Waals surface area (Å²) >= 11 is 11.5. The first-order chi connectivity index (χ1) is 7.06. The third kappa shape index (κ3) is 1.42. The van der Waals surface area contributed by atoms with Gasteiger partial charge < -0.3 is 5.11 Å². The van der Waals surface area contributed by atoms with Gasteiger partial charge in [-0.1, -0.05) is 23.2 Å². The Labute approximate surface area is 95.0 Å². The minimum absolute atomic E-state index is 0.131. The van der Waals surface area contributed by atoms with E-state index in [-0.39, 0.29) is 21.3 Å². The Balaban J connectivity index is 2.70. The molecule has 0 atom stereocenters. The van der Waals surface area contributed by atoms with Crippen molar-refractivity contribution in [2.75, 3.05) is 11.6 Å². The minimum Gasteiger partial charge on any atom is -0.376 e. The number of aliphatic hydroxyl groups is 1. The van der Waals surface area contributed by atoms with E-state index in [2.05, 4.69) is 0 Å². The van der Waals surface area contributed by atoms with Crippen molar-refractivity contribution in [1.29, 1.82) is 0 Å². The van der Waals surface area contributed by atoms with Crippen molar-refractivity contribution in [1.82, 2.24) is 0 Å². The van der Waals surface area contributed by atoms with Crippen molar-refractivity contribution in [3.8, 4) is 0 Å². The topological polar surface area (TPSA) is 57.6 Å². The van der Waals surface area contributed by atoms with E-state index in [1.165, 1.54) is 12.1 Å². The molecule has 78 valence electrons. The van der Waals surface area contributed by atoms with Crippen LogP contribution >= 0.6 is 23.2 Å². The lowest BCUT2D eigenvalue weighted by Crippen LogP contribution is -2.30. The Kier molecular flexibility index (Phi) is 2.42. The third-order valence-corrected chi connectivity index (χ3v) is 2.63. The Morgan fingerprint density at radius 3 is 2.53 bits per heavy atom. The second-order valence-electron chi connectivity index (χ2n) is 2.99. The third-order valence-electron chi connectivity index (χ3n) is 2.12. The van der Waals surface area contributed by atoms with Gasteiger partial charge in [0.1, 0.15) is 6.73 Å². The molecule has 0 aromatic heterocycles. The van der Waals surface area contributed by atoms with Crippen LogP contribution in [0.5, 0.6) is 0 Å². The van der Waals surface area contributed by atoms with Crippen LogP contribution in [-0.2, 0) is 4.79 Å². The molecule has 4 nitrogen and oxygen atoms in total. The number of anilines is 1. The van der Waals surface area contributed by atoms with Gasteiger partial charge in [0, 0.05) is 5.02 Å². The molecule has 0 fully saturated rings. The van der Waals surface area contributed by atoms with E-state index in [4.69, 9.17) is 28.3 Å². The Hall–Kier alpha value is -1.10. The molecule has 1 aromatic carbocycles. The fourth-order valence-electron chi connectivity index (χ4n) is 1.49. The number of amides is 1. The number of carbonyl (C=O) groups is 2. The van der Waals surface area contributed by atoms with Gasteiger partial charge in [-0.2, -0.15) is 0 Å². The van der Waals surface area contributed by atoms with Gasteiger partial charge in [0.2, 0.25) is 0 Å². The zero-order valence-corrected chi connectivity index (χ0v) is 8.84. The fraction of sp³-hybridized carbons (Fsp3) is 0.111. The van der Waals surface area contributed by atoms with Crippen molar-refractivity contribution in [2.45, 2.75) is 0 Å². The van der Waals surface area contributed by atoms with Crippen LogP contribution in [0.25, 0.3) is 0 Å². The molecule has 1 heterocycles. The smallest absolute Gasteiger partial charge is 0.301 e. The molecule has 0 saturated carbocycles. The number of hydrogen-bond donors (Lipinski definition) is 1. The number of hydrogen-bond acceptors (Lipinski definition) is 3. The highest BCUT2D eigenvalue weighted by molar-refractivity contribution is 6.54. The monoisotopic (exact) mass is 245 g/mol. The number of nitrogens with zero attached hydrogens (tertiary/aromatic N) is 1. The van der Waals surface area contributed by atoms with Crippen molar-refractivity contribution < 1.29 is 14.7 Å². The lowest BCUT2D eigenvalue weighted by molar-refractivity contribution is -0.114. The van der Waals surface area contributed by atoms with Crippen LogP contribution in [0.2, 0.25) is 10.0 Å². The number of ketones is 1. The Morgan fingerprint density at radius 1 is 1.27 bits per heavy atom. The van der Waals surface area contributed by atoms with Crippen LogP contribution in [-0.4, -0.2) is 23.5 Å². The van der Waals surface area contributed by atoms with Crippen LogP contribution < -0.4 is 4.90 Å². The lowest BCUT2D eigenvalue weighted by Gasteiger charge is -2.13. The van der Waals surface area contributed by atoms with Crippen LogP contribution in [0.4, 0.5) is 5.69 Å². The van der Waals surface area contributed by atoms with Gasteiger partial charge in [0.05, 0.1) is 16.3 Å². The van der Waals surface area contributed by atoms with E-state index in [9.17, 15) is 9.59 Å². The first-order valence-corrected chi connectivity index (χ1v) is 4.78. The maximum absolute atomic E-state index is 11.5. The molecule has 1 aliphatic heterocycles. The maximum Gasteiger partial charge on any atom is 0.301 e. The summed E-state index contributed by atoms with van der Waals surface area (Å²) in [4.78, 5) is 23.7. The molecular formula is C9H5Cl2NO3. The average molecular weight is 246 g/mol. The van der Waals surface area contributed by atoms with E-state index >= 15 is 0 Å². The van der Waals surface area contributed by atoms with E-state index in [1.807, 2.05) is 0 Å². The van der Waals surface area contributed by atoms with Gasteiger partial charge in [-0.05, 0) is 12.1 Å². The lowest BCUT2D eigenvalue weighted by atomic mass is 10.1. The number of carbonyl (C=O) groups excluding carboxylic acids is 2. The van der Waals surface area contributed by atoms with Gasteiger partial charge in [0.15, 0.2) is 0 Å². The Bertz CT molecular complexity index is 473. The number of rotatable bonds is 1. The highest BCUT2D eigenvalue weighted by atomic mass is 35.5. The van der Waals surface area contributed by atoms with Gasteiger partial charge in [-0.3, -0.25) is 14.5 Å². The summed E-state index contributed by atoms with van der Waals surface area (Å²) in [6, 6.07) is 2.77. The van der Waals surface area contributed by atoms with Crippen LogP contribution in [0.1, 0.15) is 10.4 Å². The van der Waals surface area contributed by atoms with Crippen molar-refractivity contribution >= 4 is 40.6 Å². The molecule has 15 heavy (non-hydrogen) atoms. The first kappa shape index (κ1) is 10.4. The summed E-state index contributed by atoms with van der Waals surface area (Å²) in [7, 11) is 0. The van der Waals surface area contributed by atoms with Crippen molar-refractivity contribution in [2.24, 2.45) is 0 Å². The van der Waals surface area contributed by atoms with E-state index in [1.54, 1.807) is 0 Å². The summed E-state index contributed by atoms with van der Waals surface area (Å²) in [6.45, 7) is -0.584. The van der Waals surface area contributed by atoms with E-state index in [0.717, 1.165) is 4.90 Å². The van der Waals surface area contributed by atoms with Crippen LogP contribution in [0.15, 0.2) is 12.1 Å². The number of benzene rings is 1. The first-order valence-electron chi connectivity index (χ1n) is 4.02. The summed E-state index contributed by atoms with van der Waals surface area (Å²) in [5, 5.41) is 9.41. The molecule has 0 unspecified atom stereocenters. The second kappa shape index (κ2) is 3.48. The summed E-state index contributed by atoms with van der Waals surface area (Å²) in [6.07, 6.45) is 0. The van der Waals surface area contributed by atoms with Crippen LogP contribution in [0, 0.1) is 0 Å². The fourth-order valence-corrected chi connectivity index (χ4v) is 2.08. The van der Waals surface area contributed by atoms with E-state index in [0.29, 0.717) is 0 Å². The predicted molar refractivity (Wildman–Crippen MR) is 55.4 cm³/mol. The number of halogens is 2. The zero-order chi connectivity index (χ0) is 11.2. The number of Topliss-reactive ketones (excluding diaryl/α,β-unsaturated/α-hetero) is 1. The maximum atomic E-state index is 11.5. The summed E-state index contributed by atoms with van der Waals surface area (Å²) in [5.41, 5.74) is 0.352. The Morgan fingerprint density at radius 2 is 1.93 bits per heavy atom. The van der Waals surface area contributed by atoms with Crippen molar-refractivity contribution in [3.05, 3.63) is 27.7 Å². The molecule has 2 rings (SSSR count). The largest absolute Gasteiger partial charge is 0.376 e. The normalized spacial score (nSPS) is 14.7. The average Bonchev–Trinajstić information content (AvgIpc) is 2.42. The van der Waals surface area contributed by atoms with E-state index < -0.39 is 18.4 Å². The predicted octanol–water partition coefficient (Wildman–Crippen LogP) is 1.47. The highest BCUT2D eigenvalue weighted by Crippen LogP contribution is 2.37. The van der Waals surface area contributed by atoms with Gasteiger partial charge >= 0.3 is 5.91 Å².